The molecule has 0 saturated carbocycles. The van der Waals surface area contributed by atoms with Crippen LogP contribution in [0.15, 0.2) is 66.7 Å². The molecule has 0 radical (unpaired) electrons. The molecule has 1 amide bonds. The standard InChI is InChI=1S/C23H24N2O2/c1-2-27-22-13-6-5-12-21(22)24-14-16-25(17-15-24)23(26)20-11-7-9-18-8-3-4-10-19(18)20/h3-13H,2,14-17H2,1H3. The number of para-hydroxylation sites is 2. The first-order valence-electron chi connectivity index (χ1n) is 9.51. The van der Waals surface area contributed by atoms with Gasteiger partial charge in [0.05, 0.1) is 12.3 Å². The highest BCUT2D eigenvalue weighted by Crippen LogP contribution is 2.29. The lowest BCUT2D eigenvalue weighted by Crippen LogP contribution is -2.48. The Bertz CT molecular complexity index is 941. The van der Waals surface area contributed by atoms with Gasteiger partial charge in [-0.2, -0.15) is 0 Å². The highest BCUT2D eigenvalue weighted by molar-refractivity contribution is 6.07. The summed E-state index contributed by atoms with van der Waals surface area (Å²) in [7, 11) is 0. The summed E-state index contributed by atoms with van der Waals surface area (Å²) in [6, 6.07) is 22.1. The van der Waals surface area contributed by atoms with E-state index in [4.69, 9.17) is 4.74 Å². The quantitative estimate of drug-likeness (QED) is 0.699. The van der Waals surface area contributed by atoms with Crippen LogP contribution in [0.4, 0.5) is 5.69 Å². The van der Waals surface area contributed by atoms with E-state index in [1.807, 2.05) is 60.4 Å². The van der Waals surface area contributed by atoms with Crippen LogP contribution in [0.1, 0.15) is 17.3 Å². The molecule has 0 aliphatic carbocycles. The van der Waals surface area contributed by atoms with Crippen LogP contribution >= 0.6 is 0 Å². The lowest BCUT2D eigenvalue weighted by atomic mass is 10.0. The number of hydrogen-bond acceptors (Lipinski definition) is 3. The normalized spacial score (nSPS) is 14.4. The fourth-order valence-electron chi connectivity index (χ4n) is 3.73. The van der Waals surface area contributed by atoms with E-state index in [0.29, 0.717) is 19.7 Å². The van der Waals surface area contributed by atoms with Gasteiger partial charge in [0.2, 0.25) is 0 Å². The summed E-state index contributed by atoms with van der Waals surface area (Å²) >= 11 is 0. The van der Waals surface area contributed by atoms with Gasteiger partial charge in [0.1, 0.15) is 5.75 Å². The summed E-state index contributed by atoms with van der Waals surface area (Å²) in [5, 5.41) is 2.13. The van der Waals surface area contributed by atoms with Crippen molar-refractivity contribution in [2.24, 2.45) is 0 Å². The third-order valence-corrected chi connectivity index (χ3v) is 5.09. The van der Waals surface area contributed by atoms with Crippen LogP contribution in [0.25, 0.3) is 10.8 Å². The molecule has 4 rings (SSSR count). The van der Waals surface area contributed by atoms with Crippen LogP contribution in [-0.4, -0.2) is 43.6 Å². The minimum atomic E-state index is 0.115. The number of amides is 1. The van der Waals surface area contributed by atoms with Gasteiger partial charge in [-0.1, -0.05) is 48.5 Å². The Morgan fingerprint density at radius 3 is 2.41 bits per heavy atom. The van der Waals surface area contributed by atoms with Gasteiger partial charge in [0.15, 0.2) is 0 Å². The lowest BCUT2D eigenvalue weighted by Gasteiger charge is -2.36. The van der Waals surface area contributed by atoms with Gasteiger partial charge >= 0.3 is 0 Å². The van der Waals surface area contributed by atoms with Crippen molar-refractivity contribution in [2.75, 3.05) is 37.7 Å². The molecule has 0 N–H and O–H groups in total. The highest BCUT2D eigenvalue weighted by Gasteiger charge is 2.24. The molecule has 0 unspecified atom stereocenters. The Morgan fingerprint density at radius 1 is 0.889 bits per heavy atom. The molecule has 0 aromatic heterocycles. The first-order valence-corrected chi connectivity index (χ1v) is 9.51. The number of piperazine rings is 1. The number of benzene rings is 3. The molecular formula is C23H24N2O2. The van der Waals surface area contributed by atoms with Gasteiger partial charge in [-0.3, -0.25) is 4.79 Å². The minimum Gasteiger partial charge on any atom is -0.492 e. The van der Waals surface area contributed by atoms with Gasteiger partial charge in [-0.05, 0) is 35.9 Å². The Kier molecular flexibility index (Phi) is 4.97. The second-order valence-corrected chi connectivity index (χ2v) is 6.71. The van der Waals surface area contributed by atoms with Gasteiger partial charge in [-0.15, -0.1) is 0 Å². The zero-order valence-electron chi connectivity index (χ0n) is 15.6. The average Bonchev–Trinajstić information content (AvgIpc) is 2.74. The first-order chi connectivity index (χ1) is 13.3. The third-order valence-electron chi connectivity index (χ3n) is 5.09. The molecule has 1 heterocycles. The van der Waals surface area contributed by atoms with Crippen molar-refractivity contribution in [1.82, 2.24) is 4.90 Å². The molecule has 3 aromatic carbocycles. The van der Waals surface area contributed by atoms with Gasteiger partial charge in [0.25, 0.3) is 5.91 Å². The van der Waals surface area contributed by atoms with Crippen molar-refractivity contribution < 1.29 is 9.53 Å². The number of ether oxygens (including phenoxy) is 1. The Hall–Kier alpha value is -3.01. The maximum atomic E-state index is 13.1. The number of carbonyl (C=O) groups excluding carboxylic acids is 1. The summed E-state index contributed by atoms with van der Waals surface area (Å²) in [5.74, 6) is 1.03. The van der Waals surface area contributed by atoms with Gasteiger partial charge in [-0.25, -0.2) is 0 Å². The van der Waals surface area contributed by atoms with Crippen LogP contribution in [0, 0.1) is 0 Å². The van der Waals surface area contributed by atoms with Crippen molar-refractivity contribution in [2.45, 2.75) is 6.92 Å². The number of carbonyl (C=O) groups is 1. The molecule has 1 saturated heterocycles. The Balaban J connectivity index is 1.50. The molecule has 4 nitrogen and oxygen atoms in total. The number of fused-ring (bicyclic) bond motifs is 1. The molecule has 0 spiro atoms. The van der Waals surface area contributed by atoms with E-state index >= 15 is 0 Å². The fraction of sp³-hybridized carbons (Fsp3) is 0.261. The largest absolute Gasteiger partial charge is 0.492 e. The molecule has 1 aliphatic rings. The van der Waals surface area contributed by atoms with E-state index in [-0.39, 0.29) is 5.91 Å². The number of nitrogens with zero attached hydrogens (tertiary/aromatic N) is 2. The van der Waals surface area contributed by atoms with E-state index in [1.165, 1.54) is 0 Å². The van der Waals surface area contributed by atoms with Crippen molar-refractivity contribution in [1.29, 1.82) is 0 Å². The smallest absolute Gasteiger partial charge is 0.254 e. The van der Waals surface area contributed by atoms with Gasteiger partial charge < -0.3 is 14.5 Å². The van der Waals surface area contributed by atoms with Crippen molar-refractivity contribution in [3.63, 3.8) is 0 Å². The predicted molar refractivity (Wildman–Crippen MR) is 110 cm³/mol. The van der Waals surface area contributed by atoms with E-state index in [0.717, 1.165) is 40.9 Å². The molecular weight excluding hydrogens is 336 g/mol. The molecule has 1 aliphatic heterocycles. The summed E-state index contributed by atoms with van der Waals surface area (Å²) in [5.41, 5.74) is 1.90. The van der Waals surface area contributed by atoms with E-state index < -0.39 is 0 Å². The maximum absolute atomic E-state index is 13.1. The second kappa shape index (κ2) is 7.70. The fourth-order valence-corrected chi connectivity index (χ4v) is 3.73. The molecule has 27 heavy (non-hydrogen) atoms. The molecule has 4 heteroatoms. The minimum absolute atomic E-state index is 0.115. The molecule has 3 aromatic rings. The molecule has 0 atom stereocenters. The zero-order valence-corrected chi connectivity index (χ0v) is 15.6. The van der Waals surface area contributed by atoms with Crippen molar-refractivity contribution >= 4 is 22.4 Å². The van der Waals surface area contributed by atoms with Crippen molar-refractivity contribution in [3.8, 4) is 5.75 Å². The summed E-state index contributed by atoms with van der Waals surface area (Å²) in [4.78, 5) is 17.4. The van der Waals surface area contributed by atoms with Crippen molar-refractivity contribution in [3.05, 3.63) is 72.3 Å². The average molecular weight is 360 g/mol. The SMILES string of the molecule is CCOc1ccccc1N1CCN(C(=O)c2cccc3ccccc23)CC1. The van der Waals surface area contributed by atoms with E-state index in [1.54, 1.807) is 0 Å². The lowest BCUT2D eigenvalue weighted by molar-refractivity contribution is 0.0748. The Labute approximate surface area is 160 Å². The first kappa shape index (κ1) is 17.4. The van der Waals surface area contributed by atoms with Crippen LogP contribution < -0.4 is 9.64 Å². The molecule has 138 valence electrons. The van der Waals surface area contributed by atoms with Crippen LogP contribution in [0.5, 0.6) is 5.75 Å². The third kappa shape index (κ3) is 3.47. The topological polar surface area (TPSA) is 32.8 Å². The van der Waals surface area contributed by atoms with E-state index in [9.17, 15) is 4.79 Å². The summed E-state index contributed by atoms with van der Waals surface area (Å²) in [6.07, 6.45) is 0. The van der Waals surface area contributed by atoms with Crippen LogP contribution in [0.2, 0.25) is 0 Å². The molecule has 1 fully saturated rings. The van der Waals surface area contributed by atoms with E-state index in [2.05, 4.69) is 23.1 Å². The number of anilines is 1. The van der Waals surface area contributed by atoms with Crippen LogP contribution in [0.3, 0.4) is 0 Å². The number of rotatable bonds is 4. The van der Waals surface area contributed by atoms with Crippen LogP contribution in [-0.2, 0) is 0 Å². The van der Waals surface area contributed by atoms with Gasteiger partial charge in [0, 0.05) is 31.7 Å². The summed E-state index contributed by atoms with van der Waals surface area (Å²) < 4.78 is 5.76. The number of hydrogen-bond donors (Lipinski definition) is 0. The highest BCUT2D eigenvalue weighted by atomic mass is 16.5. The molecule has 0 bridgehead atoms. The zero-order chi connectivity index (χ0) is 18.6. The predicted octanol–water partition coefficient (Wildman–Crippen LogP) is 4.20. The maximum Gasteiger partial charge on any atom is 0.254 e. The summed E-state index contributed by atoms with van der Waals surface area (Å²) in [6.45, 7) is 5.68. The monoisotopic (exact) mass is 360 g/mol. The second-order valence-electron chi connectivity index (χ2n) is 6.71. The Morgan fingerprint density at radius 2 is 1.59 bits per heavy atom.